The normalized spacial score (nSPS) is 26.3. The molecule has 0 saturated carbocycles. The van der Waals surface area contributed by atoms with Crippen molar-refractivity contribution in [3.05, 3.63) is 29.6 Å². The average Bonchev–Trinajstić information content (AvgIpc) is 2.27. The second-order valence-electron chi connectivity index (χ2n) is 4.50. The molecular formula is C11H14FN3O2S. The highest BCUT2D eigenvalue weighted by Gasteiger charge is 2.39. The van der Waals surface area contributed by atoms with E-state index in [0.29, 0.717) is 0 Å². The van der Waals surface area contributed by atoms with Gasteiger partial charge < -0.3 is 5.73 Å². The molecule has 5 nitrogen and oxygen atoms in total. The van der Waals surface area contributed by atoms with Crippen molar-refractivity contribution in [3.8, 4) is 0 Å². The third-order valence-corrected chi connectivity index (χ3v) is 4.92. The van der Waals surface area contributed by atoms with E-state index in [1.54, 1.807) is 13.0 Å². The monoisotopic (exact) mass is 271 g/mol. The molecule has 0 bridgehead atoms. The number of nitrogen functional groups attached to an aromatic ring is 1. The van der Waals surface area contributed by atoms with Gasteiger partial charge in [0.15, 0.2) is 5.82 Å². The van der Waals surface area contributed by atoms with Crippen LogP contribution >= 0.6 is 0 Å². The molecule has 0 spiro atoms. The van der Waals surface area contributed by atoms with Crippen LogP contribution in [0.5, 0.6) is 0 Å². The topological polar surface area (TPSA) is 75.8 Å². The van der Waals surface area contributed by atoms with Gasteiger partial charge in [0.25, 0.3) is 0 Å². The maximum atomic E-state index is 14.0. The fourth-order valence-corrected chi connectivity index (χ4v) is 3.22. The fraction of sp³-hybridized carbons (Fsp3) is 0.364. The molecule has 2 rings (SSSR count). The maximum Gasteiger partial charge on any atom is 0.238 e. The SMILES string of the molecule is CN1C=N[C@](C)(c2cccc(N)c2F)CS1(=O)=O. The lowest BCUT2D eigenvalue weighted by atomic mass is 9.94. The molecule has 1 aliphatic heterocycles. The number of aliphatic imine (C=N–C) groups is 1. The summed E-state index contributed by atoms with van der Waals surface area (Å²) in [4.78, 5) is 4.14. The van der Waals surface area contributed by atoms with E-state index in [2.05, 4.69) is 4.99 Å². The van der Waals surface area contributed by atoms with E-state index in [1.807, 2.05) is 0 Å². The lowest BCUT2D eigenvalue weighted by molar-refractivity contribution is 0.466. The van der Waals surface area contributed by atoms with Crippen LogP contribution < -0.4 is 5.73 Å². The molecule has 0 radical (unpaired) electrons. The highest BCUT2D eigenvalue weighted by atomic mass is 32.2. The predicted molar refractivity (Wildman–Crippen MR) is 68.2 cm³/mol. The molecule has 1 atom stereocenters. The Morgan fingerprint density at radius 2 is 2.17 bits per heavy atom. The highest BCUT2D eigenvalue weighted by molar-refractivity contribution is 7.89. The number of hydrogen-bond donors (Lipinski definition) is 1. The molecule has 0 fully saturated rings. The van der Waals surface area contributed by atoms with Crippen LogP contribution in [-0.2, 0) is 15.6 Å². The summed E-state index contributed by atoms with van der Waals surface area (Å²) in [7, 11) is -2.07. The van der Waals surface area contributed by atoms with Crippen LogP contribution in [0, 0.1) is 5.82 Å². The van der Waals surface area contributed by atoms with Gasteiger partial charge in [-0.25, -0.2) is 12.8 Å². The number of rotatable bonds is 1. The molecule has 0 saturated heterocycles. The Labute approximate surface area is 105 Å². The van der Waals surface area contributed by atoms with Crippen LogP contribution in [0.4, 0.5) is 10.1 Å². The van der Waals surface area contributed by atoms with E-state index in [0.717, 1.165) is 4.31 Å². The van der Waals surface area contributed by atoms with Crippen molar-refractivity contribution >= 4 is 22.0 Å². The smallest absolute Gasteiger partial charge is 0.238 e. The average molecular weight is 271 g/mol. The number of hydrogen-bond acceptors (Lipinski definition) is 4. The van der Waals surface area contributed by atoms with E-state index >= 15 is 0 Å². The van der Waals surface area contributed by atoms with Gasteiger partial charge in [0.05, 0.1) is 17.8 Å². The minimum atomic E-state index is -3.47. The molecule has 1 heterocycles. The van der Waals surface area contributed by atoms with Crippen molar-refractivity contribution < 1.29 is 12.8 Å². The van der Waals surface area contributed by atoms with Crippen LogP contribution in [0.25, 0.3) is 0 Å². The van der Waals surface area contributed by atoms with Crippen LogP contribution in [0.1, 0.15) is 12.5 Å². The predicted octanol–water partition coefficient (Wildman–Crippen LogP) is 0.927. The molecule has 7 heteroatoms. The Kier molecular flexibility index (Phi) is 2.81. The van der Waals surface area contributed by atoms with Crippen molar-refractivity contribution in [3.63, 3.8) is 0 Å². The molecular weight excluding hydrogens is 257 g/mol. The van der Waals surface area contributed by atoms with Gasteiger partial charge in [-0.1, -0.05) is 12.1 Å². The number of nitrogens with two attached hydrogens (primary N) is 1. The molecule has 0 aliphatic carbocycles. The first-order valence-corrected chi connectivity index (χ1v) is 6.93. The quantitative estimate of drug-likeness (QED) is 0.772. The van der Waals surface area contributed by atoms with Gasteiger partial charge in [0, 0.05) is 12.6 Å². The Balaban J connectivity index is 2.57. The highest BCUT2D eigenvalue weighted by Crippen LogP contribution is 2.33. The third-order valence-electron chi connectivity index (χ3n) is 3.02. The molecule has 0 aromatic heterocycles. The van der Waals surface area contributed by atoms with Gasteiger partial charge in [0.2, 0.25) is 10.0 Å². The van der Waals surface area contributed by atoms with Gasteiger partial charge >= 0.3 is 0 Å². The van der Waals surface area contributed by atoms with Crippen LogP contribution in [0.15, 0.2) is 23.2 Å². The van der Waals surface area contributed by atoms with E-state index in [4.69, 9.17) is 5.73 Å². The minimum Gasteiger partial charge on any atom is -0.396 e. The number of benzene rings is 1. The van der Waals surface area contributed by atoms with E-state index in [9.17, 15) is 12.8 Å². The molecule has 18 heavy (non-hydrogen) atoms. The van der Waals surface area contributed by atoms with Gasteiger partial charge in [-0.3, -0.25) is 9.30 Å². The molecule has 98 valence electrons. The van der Waals surface area contributed by atoms with Crippen molar-refractivity contribution in [1.29, 1.82) is 0 Å². The van der Waals surface area contributed by atoms with Crippen LogP contribution in [0.2, 0.25) is 0 Å². The Hall–Kier alpha value is -1.63. The summed E-state index contributed by atoms with van der Waals surface area (Å²) >= 11 is 0. The van der Waals surface area contributed by atoms with Gasteiger partial charge in [-0.15, -0.1) is 0 Å². The maximum absolute atomic E-state index is 14.0. The van der Waals surface area contributed by atoms with Crippen molar-refractivity contribution in [2.45, 2.75) is 12.5 Å². The molecule has 0 amide bonds. The molecule has 1 aromatic carbocycles. The van der Waals surface area contributed by atoms with E-state index < -0.39 is 21.4 Å². The second-order valence-corrected chi connectivity index (χ2v) is 6.53. The number of sulfonamides is 1. The summed E-state index contributed by atoms with van der Waals surface area (Å²) in [5.74, 6) is -0.898. The first-order valence-electron chi connectivity index (χ1n) is 5.32. The van der Waals surface area contributed by atoms with Crippen LogP contribution in [-0.4, -0.2) is 31.9 Å². The number of nitrogens with zero attached hydrogens (tertiary/aromatic N) is 2. The Morgan fingerprint density at radius 3 is 2.78 bits per heavy atom. The van der Waals surface area contributed by atoms with Gasteiger partial charge in [-0.2, -0.15) is 0 Å². The fourth-order valence-electron chi connectivity index (χ4n) is 1.89. The standard InChI is InChI=1S/C11H14FN3O2S/c1-11(6-18(16,17)15(2)7-14-11)8-4-3-5-9(13)10(8)12/h3-5,7H,6,13H2,1-2H3/t11-/m0/s1. The summed E-state index contributed by atoms with van der Waals surface area (Å²) in [6.07, 6.45) is 1.20. The first kappa shape index (κ1) is 12.8. The summed E-state index contributed by atoms with van der Waals surface area (Å²) in [5.41, 5.74) is 4.52. The molecule has 2 N–H and O–H groups in total. The van der Waals surface area contributed by atoms with Gasteiger partial charge in [0.1, 0.15) is 5.54 Å². The van der Waals surface area contributed by atoms with Crippen LogP contribution in [0.3, 0.4) is 0 Å². The van der Waals surface area contributed by atoms with Crippen molar-refractivity contribution in [1.82, 2.24) is 4.31 Å². The second kappa shape index (κ2) is 3.94. The van der Waals surface area contributed by atoms with E-state index in [-0.39, 0.29) is 17.0 Å². The summed E-state index contributed by atoms with van der Waals surface area (Å²) in [6.45, 7) is 1.58. The molecule has 1 aliphatic rings. The Morgan fingerprint density at radius 1 is 1.50 bits per heavy atom. The largest absolute Gasteiger partial charge is 0.396 e. The number of halogens is 1. The van der Waals surface area contributed by atoms with Crippen molar-refractivity contribution in [2.24, 2.45) is 4.99 Å². The summed E-state index contributed by atoms with van der Waals surface area (Å²) < 4.78 is 38.7. The molecule has 1 aromatic rings. The zero-order valence-electron chi connectivity index (χ0n) is 10.1. The van der Waals surface area contributed by atoms with E-state index in [1.165, 1.54) is 25.5 Å². The first-order chi connectivity index (χ1) is 8.26. The lowest BCUT2D eigenvalue weighted by Gasteiger charge is -2.32. The zero-order chi connectivity index (χ0) is 13.6. The Bertz CT molecular complexity index is 615. The zero-order valence-corrected chi connectivity index (χ0v) is 10.9. The molecule has 0 unspecified atom stereocenters. The van der Waals surface area contributed by atoms with Crippen molar-refractivity contribution in [2.75, 3.05) is 18.5 Å². The lowest BCUT2D eigenvalue weighted by Crippen LogP contribution is -2.43. The number of anilines is 1. The minimum absolute atomic E-state index is 0.0137. The third kappa shape index (κ3) is 1.94. The summed E-state index contributed by atoms with van der Waals surface area (Å²) in [5, 5.41) is 0. The summed E-state index contributed by atoms with van der Waals surface area (Å²) in [6, 6.07) is 4.51. The van der Waals surface area contributed by atoms with Gasteiger partial charge in [-0.05, 0) is 13.0 Å².